The van der Waals surface area contributed by atoms with Crippen LogP contribution < -0.4 is 30.6 Å². The van der Waals surface area contributed by atoms with Gasteiger partial charge in [-0.25, -0.2) is 4.79 Å². The number of urea groups is 1. The minimum Gasteiger partial charge on any atom is -0.457 e. The Morgan fingerprint density at radius 2 is 1.72 bits per heavy atom. The summed E-state index contributed by atoms with van der Waals surface area (Å²) in [5.41, 5.74) is 6.93. The van der Waals surface area contributed by atoms with Gasteiger partial charge in [-0.05, 0) is 47.5 Å². The molecule has 1 aliphatic rings. The number of hydrogen-bond acceptors (Lipinski definition) is 5. The number of amides is 3. The van der Waals surface area contributed by atoms with Crippen LogP contribution in [-0.2, 0) is 11.3 Å². The Hall–Kier alpha value is -4.20. The molecule has 1 aliphatic heterocycles. The van der Waals surface area contributed by atoms with Gasteiger partial charge in [-0.2, -0.15) is 0 Å². The molecular weight excluding hydrogens is 410 g/mol. The predicted octanol–water partition coefficient (Wildman–Crippen LogP) is 3.62. The van der Waals surface area contributed by atoms with Crippen molar-refractivity contribution in [1.29, 1.82) is 0 Å². The summed E-state index contributed by atoms with van der Waals surface area (Å²) in [7, 11) is 0. The fourth-order valence-corrected chi connectivity index (χ4v) is 3.35. The number of carbonyl (C=O) groups is 2. The maximum atomic E-state index is 12.6. The number of nitrogens with two attached hydrogens (primary N) is 1. The van der Waals surface area contributed by atoms with Gasteiger partial charge < -0.3 is 30.6 Å². The van der Waals surface area contributed by atoms with Crippen molar-refractivity contribution >= 4 is 11.9 Å². The maximum absolute atomic E-state index is 12.6. The third-order valence-electron chi connectivity index (χ3n) is 4.87. The summed E-state index contributed by atoms with van der Waals surface area (Å²) < 4.78 is 16.5. The van der Waals surface area contributed by atoms with Gasteiger partial charge in [0.25, 0.3) is 0 Å². The van der Waals surface area contributed by atoms with Gasteiger partial charge in [-0.3, -0.25) is 4.79 Å². The molecule has 8 heteroatoms. The molecule has 0 aromatic heterocycles. The van der Waals surface area contributed by atoms with Gasteiger partial charge in [0.2, 0.25) is 12.7 Å². The van der Waals surface area contributed by atoms with E-state index in [-0.39, 0.29) is 19.1 Å². The summed E-state index contributed by atoms with van der Waals surface area (Å²) in [5.74, 6) is 2.37. The van der Waals surface area contributed by atoms with E-state index in [4.69, 9.17) is 19.9 Å². The first-order valence-corrected chi connectivity index (χ1v) is 10.1. The topological polar surface area (TPSA) is 112 Å². The van der Waals surface area contributed by atoms with E-state index in [0.29, 0.717) is 35.1 Å². The molecule has 0 fully saturated rings. The van der Waals surface area contributed by atoms with Gasteiger partial charge in [0.05, 0.1) is 12.5 Å². The largest absolute Gasteiger partial charge is 0.457 e. The number of ether oxygens (including phenoxy) is 3. The van der Waals surface area contributed by atoms with E-state index in [1.54, 1.807) is 24.3 Å². The third kappa shape index (κ3) is 5.48. The second-order valence-corrected chi connectivity index (χ2v) is 7.22. The number of primary amides is 1. The molecule has 3 aromatic rings. The Morgan fingerprint density at radius 1 is 0.938 bits per heavy atom. The lowest BCUT2D eigenvalue weighted by atomic mass is 10.0. The Morgan fingerprint density at radius 3 is 2.53 bits per heavy atom. The first kappa shape index (κ1) is 21.0. The molecule has 0 aliphatic carbocycles. The minimum atomic E-state index is -0.715. The predicted molar refractivity (Wildman–Crippen MR) is 117 cm³/mol. The molecule has 3 amide bonds. The molecule has 0 radical (unpaired) electrons. The number of benzene rings is 3. The van der Waals surface area contributed by atoms with Crippen molar-refractivity contribution in [2.45, 2.75) is 19.0 Å². The van der Waals surface area contributed by atoms with Crippen molar-refractivity contribution in [2.24, 2.45) is 5.73 Å². The number of hydrogen-bond donors (Lipinski definition) is 3. The molecule has 32 heavy (non-hydrogen) atoms. The molecule has 1 atom stereocenters. The zero-order chi connectivity index (χ0) is 22.3. The van der Waals surface area contributed by atoms with E-state index in [1.165, 1.54) is 0 Å². The van der Waals surface area contributed by atoms with Crippen molar-refractivity contribution in [2.75, 3.05) is 6.79 Å². The zero-order valence-corrected chi connectivity index (χ0v) is 17.2. The van der Waals surface area contributed by atoms with Crippen molar-refractivity contribution in [3.8, 4) is 23.0 Å². The van der Waals surface area contributed by atoms with E-state index in [9.17, 15) is 9.59 Å². The van der Waals surface area contributed by atoms with Gasteiger partial charge in [-0.1, -0.05) is 36.4 Å². The van der Waals surface area contributed by atoms with E-state index >= 15 is 0 Å². The summed E-state index contributed by atoms with van der Waals surface area (Å²) in [6.45, 7) is 0.509. The maximum Gasteiger partial charge on any atom is 0.312 e. The van der Waals surface area contributed by atoms with Crippen LogP contribution in [0.1, 0.15) is 23.6 Å². The summed E-state index contributed by atoms with van der Waals surface area (Å²) in [4.78, 5) is 24.2. The highest BCUT2D eigenvalue weighted by Crippen LogP contribution is 2.32. The van der Waals surface area contributed by atoms with Crippen LogP contribution in [0.5, 0.6) is 23.0 Å². The molecule has 0 bridgehead atoms. The second-order valence-electron chi connectivity index (χ2n) is 7.22. The van der Waals surface area contributed by atoms with Crippen LogP contribution in [0.3, 0.4) is 0 Å². The Balaban J connectivity index is 1.41. The fraction of sp³-hybridized carbons (Fsp3) is 0.167. The lowest BCUT2D eigenvalue weighted by Crippen LogP contribution is -2.36. The second kappa shape index (κ2) is 9.74. The summed E-state index contributed by atoms with van der Waals surface area (Å²) in [6.07, 6.45) is 0.0162. The van der Waals surface area contributed by atoms with Crippen LogP contribution in [0, 0.1) is 0 Å². The number of carbonyl (C=O) groups excluding carboxylic acids is 2. The van der Waals surface area contributed by atoms with Crippen molar-refractivity contribution in [1.82, 2.24) is 10.6 Å². The lowest BCUT2D eigenvalue weighted by molar-refractivity contribution is -0.121. The smallest absolute Gasteiger partial charge is 0.312 e. The highest BCUT2D eigenvalue weighted by Gasteiger charge is 2.19. The van der Waals surface area contributed by atoms with Gasteiger partial charge >= 0.3 is 6.03 Å². The SMILES string of the molecule is NC(=O)N[C@@H](CC(=O)NCc1ccc2c(c1)OCO2)c1cccc(Oc2ccccc2)c1. The van der Waals surface area contributed by atoms with E-state index in [0.717, 1.165) is 5.56 Å². The number of fused-ring (bicyclic) bond motifs is 1. The summed E-state index contributed by atoms with van der Waals surface area (Å²) in [5, 5.41) is 5.50. The standard InChI is InChI=1S/C24H23N3O5/c25-24(29)27-20(17-5-4-8-19(12-17)32-18-6-2-1-3-7-18)13-23(28)26-14-16-9-10-21-22(11-16)31-15-30-21/h1-12,20H,13-15H2,(H,26,28)(H3,25,27,29)/t20-/m0/s1. The Labute approximate surface area is 185 Å². The van der Waals surface area contributed by atoms with E-state index < -0.39 is 12.1 Å². The minimum absolute atomic E-state index is 0.0162. The normalized spacial score (nSPS) is 12.6. The quantitative estimate of drug-likeness (QED) is 0.502. The first-order valence-electron chi connectivity index (χ1n) is 10.1. The highest BCUT2D eigenvalue weighted by atomic mass is 16.7. The molecule has 1 heterocycles. The zero-order valence-electron chi connectivity index (χ0n) is 17.2. The fourth-order valence-electron chi connectivity index (χ4n) is 3.35. The summed E-state index contributed by atoms with van der Waals surface area (Å²) in [6, 6.07) is 20.7. The Bertz CT molecular complexity index is 1100. The lowest BCUT2D eigenvalue weighted by Gasteiger charge is -2.19. The Kier molecular flexibility index (Phi) is 6.41. The first-order chi connectivity index (χ1) is 15.6. The molecule has 8 nitrogen and oxygen atoms in total. The van der Waals surface area contributed by atoms with Gasteiger partial charge in [-0.15, -0.1) is 0 Å². The van der Waals surface area contributed by atoms with Crippen LogP contribution in [0.15, 0.2) is 72.8 Å². The van der Waals surface area contributed by atoms with Gasteiger partial charge in [0, 0.05) is 6.54 Å². The van der Waals surface area contributed by atoms with E-state index in [1.807, 2.05) is 48.5 Å². The number of nitrogens with one attached hydrogen (secondary N) is 2. The molecule has 0 unspecified atom stereocenters. The van der Waals surface area contributed by atoms with E-state index in [2.05, 4.69) is 10.6 Å². The number of rotatable bonds is 8. The van der Waals surface area contributed by atoms with Gasteiger partial charge in [0.1, 0.15) is 11.5 Å². The average Bonchev–Trinajstić information content (AvgIpc) is 3.26. The van der Waals surface area contributed by atoms with Gasteiger partial charge in [0.15, 0.2) is 11.5 Å². The molecule has 0 saturated heterocycles. The van der Waals surface area contributed by atoms with Crippen molar-refractivity contribution in [3.63, 3.8) is 0 Å². The number of para-hydroxylation sites is 1. The monoisotopic (exact) mass is 433 g/mol. The molecule has 4 rings (SSSR count). The molecule has 3 aromatic carbocycles. The van der Waals surface area contributed by atoms with Crippen LogP contribution in [0.2, 0.25) is 0 Å². The van der Waals surface area contributed by atoms with Crippen LogP contribution in [0.4, 0.5) is 4.79 Å². The van der Waals surface area contributed by atoms with Crippen molar-refractivity contribution in [3.05, 3.63) is 83.9 Å². The van der Waals surface area contributed by atoms with Crippen molar-refractivity contribution < 1.29 is 23.8 Å². The average molecular weight is 433 g/mol. The highest BCUT2D eigenvalue weighted by molar-refractivity contribution is 5.78. The molecule has 0 spiro atoms. The third-order valence-corrected chi connectivity index (χ3v) is 4.87. The van der Waals surface area contributed by atoms with Crippen LogP contribution in [0.25, 0.3) is 0 Å². The van der Waals surface area contributed by atoms with Crippen LogP contribution >= 0.6 is 0 Å². The van der Waals surface area contributed by atoms with Crippen LogP contribution in [-0.4, -0.2) is 18.7 Å². The summed E-state index contributed by atoms with van der Waals surface area (Å²) >= 11 is 0. The molecular formula is C24H23N3O5. The molecule has 0 saturated carbocycles. The molecule has 4 N–H and O–H groups in total. The molecule has 164 valence electrons.